The minimum atomic E-state index is -0.179. The van der Waals surface area contributed by atoms with Gasteiger partial charge in [-0.1, -0.05) is 36.2 Å². The molecule has 0 spiro atoms. The third kappa shape index (κ3) is 5.61. The second kappa shape index (κ2) is 7.90. The van der Waals surface area contributed by atoms with E-state index in [2.05, 4.69) is 42.7 Å². The van der Waals surface area contributed by atoms with Crippen LogP contribution in [0.3, 0.4) is 0 Å². The quantitative estimate of drug-likeness (QED) is 0.747. The number of carbonyl (C=O) groups is 1. The van der Waals surface area contributed by atoms with E-state index in [1.807, 2.05) is 13.8 Å². The Hall–Kier alpha value is -1.55. The Labute approximate surface area is 121 Å². The van der Waals surface area contributed by atoms with E-state index in [-0.39, 0.29) is 24.6 Å². The summed E-state index contributed by atoms with van der Waals surface area (Å²) in [6, 6.07) is 6.21. The summed E-state index contributed by atoms with van der Waals surface area (Å²) in [7, 11) is 0. The van der Waals surface area contributed by atoms with Gasteiger partial charge in [0.05, 0.1) is 0 Å². The van der Waals surface area contributed by atoms with Gasteiger partial charge in [0.1, 0.15) is 0 Å². The largest absolute Gasteiger partial charge is 0.396 e. The van der Waals surface area contributed by atoms with Crippen LogP contribution in [-0.4, -0.2) is 30.3 Å². The molecule has 0 bridgehead atoms. The van der Waals surface area contributed by atoms with E-state index in [4.69, 9.17) is 5.11 Å². The molecule has 4 nitrogen and oxygen atoms in total. The Balaban J connectivity index is 2.35. The number of carbonyl (C=O) groups excluding carboxylic acids is 1. The number of urea groups is 1. The van der Waals surface area contributed by atoms with Crippen molar-refractivity contribution < 1.29 is 9.90 Å². The first kappa shape index (κ1) is 16.5. The SMILES string of the molecule is Cc1cc(C)cc(CCNC(=O)NC(C)C(C)CO)c1. The van der Waals surface area contributed by atoms with Gasteiger partial charge in [0.2, 0.25) is 0 Å². The van der Waals surface area contributed by atoms with E-state index in [9.17, 15) is 4.79 Å². The van der Waals surface area contributed by atoms with Crippen molar-refractivity contribution in [3.8, 4) is 0 Å². The highest BCUT2D eigenvalue weighted by atomic mass is 16.3. The van der Waals surface area contributed by atoms with Gasteiger partial charge in [0, 0.05) is 19.2 Å². The van der Waals surface area contributed by atoms with Crippen LogP contribution in [0.15, 0.2) is 18.2 Å². The standard InChI is InChI=1S/C16H26N2O2/c1-11-7-12(2)9-15(8-11)5-6-17-16(20)18-14(4)13(3)10-19/h7-9,13-14,19H,5-6,10H2,1-4H3,(H2,17,18,20). The number of aliphatic hydroxyl groups is 1. The van der Waals surface area contributed by atoms with Crippen molar-refractivity contribution in [2.24, 2.45) is 5.92 Å². The zero-order chi connectivity index (χ0) is 15.1. The van der Waals surface area contributed by atoms with Crippen LogP contribution in [-0.2, 0) is 6.42 Å². The number of hydrogen-bond acceptors (Lipinski definition) is 2. The van der Waals surface area contributed by atoms with Gasteiger partial charge < -0.3 is 15.7 Å². The zero-order valence-corrected chi connectivity index (χ0v) is 12.9. The summed E-state index contributed by atoms with van der Waals surface area (Å²) in [5.74, 6) is 0.0557. The van der Waals surface area contributed by atoms with Crippen LogP contribution >= 0.6 is 0 Å². The Kier molecular flexibility index (Phi) is 6.52. The highest BCUT2D eigenvalue weighted by Crippen LogP contribution is 2.09. The van der Waals surface area contributed by atoms with E-state index >= 15 is 0 Å². The Morgan fingerprint density at radius 3 is 2.35 bits per heavy atom. The second-order valence-corrected chi connectivity index (χ2v) is 5.59. The first-order valence-corrected chi connectivity index (χ1v) is 7.14. The van der Waals surface area contributed by atoms with Gasteiger partial charge in [0.25, 0.3) is 0 Å². The van der Waals surface area contributed by atoms with Crippen molar-refractivity contribution in [3.05, 3.63) is 34.9 Å². The van der Waals surface area contributed by atoms with Crippen molar-refractivity contribution in [1.82, 2.24) is 10.6 Å². The number of aliphatic hydroxyl groups excluding tert-OH is 1. The average Bonchev–Trinajstić information content (AvgIpc) is 2.36. The maximum Gasteiger partial charge on any atom is 0.315 e. The molecule has 0 saturated heterocycles. The van der Waals surface area contributed by atoms with Gasteiger partial charge in [-0.3, -0.25) is 0 Å². The lowest BCUT2D eigenvalue weighted by Crippen LogP contribution is -2.44. The van der Waals surface area contributed by atoms with Gasteiger partial charge >= 0.3 is 6.03 Å². The van der Waals surface area contributed by atoms with Crippen LogP contribution in [0.5, 0.6) is 0 Å². The highest BCUT2D eigenvalue weighted by Gasteiger charge is 2.13. The summed E-state index contributed by atoms with van der Waals surface area (Å²) >= 11 is 0. The molecule has 0 heterocycles. The molecule has 0 aromatic heterocycles. The lowest BCUT2D eigenvalue weighted by molar-refractivity contribution is 0.200. The Morgan fingerprint density at radius 2 is 1.80 bits per heavy atom. The molecule has 0 aliphatic rings. The molecule has 0 fully saturated rings. The summed E-state index contributed by atoms with van der Waals surface area (Å²) in [5, 5.41) is 14.7. The Morgan fingerprint density at radius 1 is 1.20 bits per heavy atom. The van der Waals surface area contributed by atoms with Crippen LogP contribution in [0.25, 0.3) is 0 Å². The van der Waals surface area contributed by atoms with Crippen molar-refractivity contribution in [2.45, 2.75) is 40.2 Å². The number of rotatable bonds is 6. The molecule has 1 aromatic carbocycles. The number of hydrogen-bond donors (Lipinski definition) is 3. The fourth-order valence-corrected chi connectivity index (χ4v) is 2.09. The summed E-state index contributed by atoms with van der Waals surface area (Å²) in [6.45, 7) is 8.63. The minimum Gasteiger partial charge on any atom is -0.396 e. The molecule has 20 heavy (non-hydrogen) atoms. The van der Waals surface area contributed by atoms with Crippen LogP contribution in [0.4, 0.5) is 4.79 Å². The summed E-state index contributed by atoms with van der Waals surface area (Å²) in [4.78, 5) is 11.7. The molecule has 0 aliphatic heterocycles. The second-order valence-electron chi connectivity index (χ2n) is 5.59. The van der Waals surface area contributed by atoms with Gasteiger partial charge in [-0.05, 0) is 38.7 Å². The van der Waals surface area contributed by atoms with E-state index in [1.165, 1.54) is 16.7 Å². The monoisotopic (exact) mass is 278 g/mol. The molecule has 4 heteroatoms. The number of benzene rings is 1. The molecule has 2 unspecified atom stereocenters. The predicted molar refractivity (Wildman–Crippen MR) is 81.9 cm³/mol. The van der Waals surface area contributed by atoms with Gasteiger partial charge in [0.15, 0.2) is 0 Å². The van der Waals surface area contributed by atoms with Crippen LogP contribution in [0, 0.1) is 19.8 Å². The van der Waals surface area contributed by atoms with Crippen LogP contribution in [0.1, 0.15) is 30.5 Å². The number of amides is 2. The van der Waals surface area contributed by atoms with E-state index < -0.39 is 0 Å². The summed E-state index contributed by atoms with van der Waals surface area (Å²) in [6.07, 6.45) is 0.819. The lowest BCUT2D eigenvalue weighted by atomic mass is 10.1. The maximum absolute atomic E-state index is 11.7. The van der Waals surface area contributed by atoms with E-state index in [0.29, 0.717) is 6.54 Å². The fraction of sp³-hybridized carbons (Fsp3) is 0.562. The molecule has 1 rings (SSSR count). The molecule has 1 aromatic rings. The third-order valence-electron chi connectivity index (χ3n) is 3.48. The van der Waals surface area contributed by atoms with Crippen molar-refractivity contribution in [3.63, 3.8) is 0 Å². The normalized spacial score (nSPS) is 13.7. The average molecular weight is 278 g/mol. The van der Waals surface area contributed by atoms with Crippen LogP contribution in [0.2, 0.25) is 0 Å². The Bertz CT molecular complexity index is 426. The van der Waals surface area contributed by atoms with Gasteiger partial charge in [-0.25, -0.2) is 4.79 Å². The first-order chi connectivity index (χ1) is 9.42. The maximum atomic E-state index is 11.7. The number of aryl methyl sites for hydroxylation is 2. The summed E-state index contributed by atoms with van der Waals surface area (Å²) in [5.41, 5.74) is 3.73. The highest BCUT2D eigenvalue weighted by molar-refractivity contribution is 5.74. The molecular formula is C16H26N2O2. The van der Waals surface area contributed by atoms with Crippen molar-refractivity contribution in [2.75, 3.05) is 13.2 Å². The molecule has 112 valence electrons. The van der Waals surface area contributed by atoms with Crippen molar-refractivity contribution in [1.29, 1.82) is 0 Å². The molecule has 2 amide bonds. The number of nitrogens with one attached hydrogen (secondary N) is 2. The zero-order valence-electron chi connectivity index (χ0n) is 12.9. The minimum absolute atomic E-state index is 0.0405. The molecule has 0 aliphatic carbocycles. The topological polar surface area (TPSA) is 61.4 Å². The molecule has 0 radical (unpaired) electrons. The van der Waals surface area contributed by atoms with Gasteiger partial charge in [-0.15, -0.1) is 0 Å². The predicted octanol–water partition coefficient (Wildman–Crippen LogP) is 2.16. The summed E-state index contributed by atoms with van der Waals surface area (Å²) < 4.78 is 0. The van der Waals surface area contributed by atoms with Crippen LogP contribution < -0.4 is 10.6 Å². The van der Waals surface area contributed by atoms with Gasteiger partial charge in [-0.2, -0.15) is 0 Å². The van der Waals surface area contributed by atoms with E-state index in [1.54, 1.807) is 0 Å². The van der Waals surface area contributed by atoms with E-state index in [0.717, 1.165) is 6.42 Å². The fourth-order valence-electron chi connectivity index (χ4n) is 2.09. The third-order valence-corrected chi connectivity index (χ3v) is 3.48. The molecule has 0 saturated carbocycles. The first-order valence-electron chi connectivity index (χ1n) is 7.14. The smallest absolute Gasteiger partial charge is 0.315 e. The van der Waals surface area contributed by atoms with Crippen molar-refractivity contribution >= 4 is 6.03 Å². The molecule has 3 N–H and O–H groups in total. The molecule has 2 atom stereocenters. The molecular weight excluding hydrogens is 252 g/mol. The lowest BCUT2D eigenvalue weighted by Gasteiger charge is -2.19.